The van der Waals surface area contributed by atoms with Crippen molar-refractivity contribution in [3.05, 3.63) is 44.8 Å². The van der Waals surface area contributed by atoms with E-state index in [-0.39, 0.29) is 16.1 Å². The minimum absolute atomic E-state index is 0.133. The fourth-order valence-electron chi connectivity index (χ4n) is 3.43. The maximum atomic E-state index is 11.9. The number of anilines is 1. The van der Waals surface area contributed by atoms with Gasteiger partial charge in [0.05, 0.1) is 10.6 Å². The molecule has 0 bridgehead atoms. The van der Waals surface area contributed by atoms with Crippen LogP contribution < -0.4 is 10.5 Å². The molecule has 1 aromatic carbocycles. The van der Waals surface area contributed by atoms with E-state index in [9.17, 15) is 9.59 Å². The van der Waals surface area contributed by atoms with Crippen LogP contribution in [0, 0.1) is 0 Å². The Hall–Kier alpha value is -2.07. The first-order valence-corrected chi connectivity index (χ1v) is 7.91. The Bertz CT molecular complexity index is 909. The molecule has 4 nitrogen and oxygen atoms in total. The monoisotopic (exact) mass is 331 g/mol. The largest absolute Gasteiger partial charge is 0.422 e. The van der Waals surface area contributed by atoms with Crippen LogP contribution in [-0.2, 0) is 0 Å². The first-order chi connectivity index (χ1) is 10.8. The number of halogens is 1. The minimum Gasteiger partial charge on any atom is -0.422 e. The van der Waals surface area contributed by atoms with Gasteiger partial charge in [-0.15, -0.1) is 0 Å². The quantitative estimate of drug-likeness (QED) is 0.608. The van der Waals surface area contributed by atoms with Crippen molar-refractivity contribution in [3.8, 4) is 0 Å². The van der Waals surface area contributed by atoms with Crippen molar-refractivity contribution in [2.75, 3.05) is 11.4 Å². The van der Waals surface area contributed by atoms with Gasteiger partial charge < -0.3 is 9.32 Å². The second-order valence-corrected chi connectivity index (χ2v) is 6.70. The van der Waals surface area contributed by atoms with Crippen molar-refractivity contribution in [2.45, 2.75) is 33.2 Å². The standard InChI is InChI=1S/C18H18ClNO3/c1-5-20-14-7-15-12(16(19)13(9-21)17(22)23-15)6-11(14)10(2)8-18(20,3)4/h6-9H,5H2,1-4H3. The van der Waals surface area contributed by atoms with Crippen molar-refractivity contribution in [2.24, 2.45) is 0 Å². The van der Waals surface area contributed by atoms with E-state index in [0.717, 1.165) is 23.4 Å². The molecule has 1 aliphatic heterocycles. The maximum Gasteiger partial charge on any atom is 0.348 e. The number of carbonyl (C=O) groups is 1. The van der Waals surface area contributed by atoms with Crippen molar-refractivity contribution in [1.29, 1.82) is 0 Å². The number of rotatable bonds is 2. The third-order valence-corrected chi connectivity index (χ3v) is 4.82. The summed E-state index contributed by atoms with van der Waals surface area (Å²) in [6.45, 7) is 9.24. The van der Waals surface area contributed by atoms with Gasteiger partial charge in [-0.05, 0) is 39.3 Å². The van der Waals surface area contributed by atoms with Crippen LogP contribution in [0.5, 0.6) is 0 Å². The number of hydrogen-bond acceptors (Lipinski definition) is 4. The molecule has 0 spiro atoms. The first-order valence-electron chi connectivity index (χ1n) is 7.53. The van der Waals surface area contributed by atoms with E-state index in [4.69, 9.17) is 16.0 Å². The van der Waals surface area contributed by atoms with Crippen molar-refractivity contribution >= 4 is 40.1 Å². The molecule has 2 heterocycles. The zero-order valence-electron chi connectivity index (χ0n) is 13.6. The lowest BCUT2D eigenvalue weighted by atomic mass is 9.88. The number of carbonyl (C=O) groups excluding carboxylic acids is 1. The summed E-state index contributed by atoms with van der Waals surface area (Å²) >= 11 is 6.24. The molecule has 0 unspecified atom stereocenters. The molecule has 23 heavy (non-hydrogen) atoms. The van der Waals surface area contributed by atoms with Crippen molar-refractivity contribution in [3.63, 3.8) is 0 Å². The molecule has 0 atom stereocenters. The second-order valence-electron chi connectivity index (χ2n) is 6.33. The topological polar surface area (TPSA) is 50.5 Å². The summed E-state index contributed by atoms with van der Waals surface area (Å²) in [4.78, 5) is 25.2. The van der Waals surface area contributed by atoms with Crippen LogP contribution in [0.3, 0.4) is 0 Å². The van der Waals surface area contributed by atoms with E-state index in [1.165, 1.54) is 0 Å². The average Bonchev–Trinajstić information content (AvgIpc) is 2.46. The number of aldehydes is 1. The number of benzene rings is 1. The molecule has 0 N–H and O–H groups in total. The fraction of sp³-hybridized carbons (Fsp3) is 0.333. The number of likely N-dealkylation sites (N-methyl/N-ethyl adjacent to an activating group) is 1. The Morgan fingerprint density at radius 2 is 2.04 bits per heavy atom. The molecule has 0 amide bonds. The Morgan fingerprint density at radius 3 is 2.65 bits per heavy atom. The summed E-state index contributed by atoms with van der Waals surface area (Å²) in [7, 11) is 0. The minimum atomic E-state index is -0.706. The van der Waals surface area contributed by atoms with Gasteiger partial charge >= 0.3 is 5.63 Å². The summed E-state index contributed by atoms with van der Waals surface area (Å²) in [5.41, 5.74) is 2.59. The normalized spacial score (nSPS) is 16.2. The third kappa shape index (κ3) is 2.29. The Morgan fingerprint density at radius 1 is 1.35 bits per heavy atom. The summed E-state index contributed by atoms with van der Waals surface area (Å²) in [6, 6.07) is 3.74. The predicted molar refractivity (Wildman–Crippen MR) is 93.6 cm³/mol. The Balaban J connectivity index is 2.41. The molecule has 1 aliphatic rings. The van der Waals surface area contributed by atoms with E-state index >= 15 is 0 Å². The molecule has 0 radical (unpaired) electrons. The summed E-state index contributed by atoms with van der Waals surface area (Å²) < 4.78 is 5.31. The maximum absolute atomic E-state index is 11.9. The Kier molecular flexibility index (Phi) is 3.60. The van der Waals surface area contributed by atoms with E-state index in [1.807, 2.05) is 19.1 Å². The molecule has 1 aromatic heterocycles. The van der Waals surface area contributed by atoms with E-state index in [1.54, 1.807) is 0 Å². The highest BCUT2D eigenvalue weighted by molar-refractivity contribution is 6.37. The zero-order chi connectivity index (χ0) is 16.9. The zero-order valence-corrected chi connectivity index (χ0v) is 14.3. The van der Waals surface area contributed by atoms with E-state index in [2.05, 4.69) is 31.7 Å². The van der Waals surface area contributed by atoms with Crippen LogP contribution in [-0.4, -0.2) is 18.4 Å². The van der Waals surface area contributed by atoms with Crippen molar-refractivity contribution < 1.29 is 9.21 Å². The summed E-state index contributed by atoms with van der Waals surface area (Å²) in [5, 5.41) is 0.727. The second kappa shape index (κ2) is 5.24. The lowest BCUT2D eigenvalue weighted by Crippen LogP contribution is -2.44. The highest BCUT2D eigenvalue weighted by Crippen LogP contribution is 2.41. The molecule has 120 valence electrons. The summed E-state index contributed by atoms with van der Waals surface area (Å²) in [6.07, 6.45) is 2.65. The van der Waals surface area contributed by atoms with Gasteiger partial charge in [0, 0.05) is 29.2 Å². The van der Waals surface area contributed by atoms with Crippen LogP contribution in [0.1, 0.15) is 43.6 Å². The number of allylic oxidation sites excluding steroid dienone is 1. The van der Waals surface area contributed by atoms with Crippen LogP contribution in [0.4, 0.5) is 5.69 Å². The highest BCUT2D eigenvalue weighted by atomic mass is 35.5. The molecule has 3 rings (SSSR count). The SMILES string of the molecule is CCN1c2cc3oc(=O)c(C=O)c(Cl)c3cc2C(C)=CC1(C)C. The lowest BCUT2D eigenvalue weighted by molar-refractivity contribution is 0.112. The lowest BCUT2D eigenvalue weighted by Gasteiger charge is -2.42. The first kappa shape index (κ1) is 15.8. The molecule has 0 saturated heterocycles. The van der Waals surface area contributed by atoms with Crippen molar-refractivity contribution in [1.82, 2.24) is 0 Å². The average molecular weight is 332 g/mol. The predicted octanol–water partition coefficient (Wildman–Crippen LogP) is 4.28. The van der Waals surface area contributed by atoms with Gasteiger partial charge in [-0.1, -0.05) is 17.7 Å². The van der Waals surface area contributed by atoms with Crippen LogP contribution in [0.25, 0.3) is 16.5 Å². The molecule has 0 fully saturated rings. The molecular formula is C18H18ClNO3. The smallest absolute Gasteiger partial charge is 0.348 e. The van der Waals surface area contributed by atoms with Gasteiger partial charge in [-0.2, -0.15) is 0 Å². The van der Waals surface area contributed by atoms with E-state index in [0.29, 0.717) is 17.3 Å². The Labute approximate surface area is 139 Å². The molecule has 5 heteroatoms. The summed E-state index contributed by atoms with van der Waals surface area (Å²) in [5.74, 6) is 0. The fourth-order valence-corrected chi connectivity index (χ4v) is 3.70. The van der Waals surface area contributed by atoms with E-state index < -0.39 is 5.63 Å². The molecule has 2 aromatic rings. The van der Waals surface area contributed by atoms with Gasteiger partial charge in [0.1, 0.15) is 11.1 Å². The molecular weight excluding hydrogens is 314 g/mol. The number of fused-ring (bicyclic) bond motifs is 2. The van der Waals surface area contributed by atoms with Crippen LogP contribution >= 0.6 is 11.6 Å². The van der Waals surface area contributed by atoms with Gasteiger partial charge in [-0.25, -0.2) is 4.79 Å². The van der Waals surface area contributed by atoms with Gasteiger partial charge in [-0.3, -0.25) is 4.79 Å². The molecule has 0 saturated carbocycles. The van der Waals surface area contributed by atoms with Gasteiger partial charge in [0.25, 0.3) is 0 Å². The molecule has 0 aliphatic carbocycles. The highest BCUT2D eigenvalue weighted by Gasteiger charge is 2.31. The van der Waals surface area contributed by atoms with Gasteiger partial charge in [0.15, 0.2) is 6.29 Å². The van der Waals surface area contributed by atoms with Crippen LogP contribution in [0.15, 0.2) is 27.4 Å². The number of nitrogens with zero attached hydrogens (tertiary/aromatic N) is 1. The van der Waals surface area contributed by atoms with Crippen LogP contribution in [0.2, 0.25) is 5.02 Å². The number of hydrogen-bond donors (Lipinski definition) is 0. The van der Waals surface area contributed by atoms with Gasteiger partial charge in [0.2, 0.25) is 0 Å². The third-order valence-electron chi connectivity index (χ3n) is 4.41.